The number of fused-ring (bicyclic) bond motifs is 1. The molecule has 1 atom stereocenters. The fraction of sp³-hybridized carbons (Fsp3) is 0.591. The molecule has 0 N–H and O–H groups in total. The summed E-state index contributed by atoms with van der Waals surface area (Å²) in [7, 11) is 2.00. The van der Waals surface area contributed by atoms with Crippen LogP contribution in [0.5, 0.6) is 0 Å². The van der Waals surface area contributed by atoms with Gasteiger partial charge in [0.25, 0.3) is 0 Å². The molecule has 0 aromatic carbocycles. The lowest BCUT2D eigenvalue weighted by molar-refractivity contribution is -0.0321. The summed E-state index contributed by atoms with van der Waals surface area (Å²) in [6.07, 6.45) is 8.26. The quantitative estimate of drug-likeness (QED) is 0.639. The number of thiophene rings is 1. The molecule has 0 radical (unpaired) electrons. The van der Waals surface area contributed by atoms with Crippen molar-refractivity contribution in [1.29, 1.82) is 0 Å². The Hall–Kier alpha value is -1.99. The van der Waals surface area contributed by atoms with Gasteiger partial charge in [0.15, 0.2) is 0 Å². The van der Waals surface area contributed by atoms with E-state index < -0.39 is 0 Å². The number of aryl methyl sites for hydroxylation is 2. The van der Waals surface area contributed by atoms with Crippen LogP contribution in [0.25, 0.3) is 10.2 Å². The summed E-state index contributed by atoms with van der Waals surface area (Å²) in [4.78, 5) is 16.9. The molecule has 1 spiro atoms. The van der Waals surface area contributed by atoms with Crippen molar-refractivity contribution in [1.82, 2.24) is 24.6 Å². The maximum Gasteiger partial charge on any atom is 0.140 e. The van der Waals surface area contributed by atoms with Gasteiger partial charge in [-0.2, -0.15) is 5.10 Å². The van der Waals surface area contributed by atoms with Gasteiger partial charge in [-0.3, -0.25) is 9.58 Å². The molecule has 5 rings (SSSR count). The van der Waals surface area contributed by atoms with Crippen LogP contribution in [0.3, 0.4) is 0 Å². The fourth-order valence-corrected chi connectivity index (χ4v) is 6.24. The molecule has 7 heteroatoms. The number of hydrogen-bond acceptors (Lipinski definition) is 6. The Morgan fingerprint density at radius 1 is 1.21 bits per heavy atom. The number of rotatable bonds is 5. The van der Waals surface area contributed by atoms with Gasteiger partial charge in [0, 0.05) is 61.3 Å². The predicted molar refractivity (Wildman–Crippen MR) is 118 cm³/mol. The van der Waals surface area contributed by atoms with E-state index in [-0.39, 0.29) is 0 Å². The number of aromatic nitrogens is 4. The van der Waals surface area contributed by atoms with Gasteiger partial charge < -0.3 is 4.90 Å². The van der Waals surface area contributed by atoms with Crippen LogP contribution in [0, 0.1) is 11.3 Å². The summed E-state index contributed by atoms with van der Waals surface area (Å²) in [6, 6.07) is 2.75. The molecule has 0 saturated carbocycles. The largest absolute Gasteiger partial charge is 0.355 e. The first-order valence-corrected chi connectivity index (χ1v) is 11.5. The summed E-state index contributed by atoms with van der Waals surface area (Å²) in [5.74, 6) is 1.71. The molecule has 154 valence electrons. The van der Waals surface area contributed by atoms with Crippen LogP contribution in [0.2, 0.25) is 0 Å². The Kier molecular flexibility index (Phi) is 4.62. The normalized spacial score (nSPS) is 20.1. The molecular formula is C22H30N6S. The third kappa shape index (κ3) is 3.24. The van der Waals surface area contributed by atoms with E-state index >= 15 is 0 Å². The van der Waals surface area contributed by atoms with Gasteiger partial charge in [-0.25, -0.2) is 9.97 Å². The van der Waals surface area contributed by atoms with E-state index in [9.17, 15) is 0 Å². The second kappa shape index (κ2) is 7.06. The van der Waals surface area contributed by atoms with Crippen molar-refractivity contribution in [3.63, 3.8) is 0 Å². The third-order valence-corrected chi connectivity index (χ3v) is 7.80. The van der Waals surface area contributed by atoms with Gasteiger partial charge in [0.2, 0.25) is 0 Å². The van der Waals surface area contributed by atoms with E-state index in [0.717, 1.165) is 30.2 Å². The average molecular weight is 411 g/mol. The Morgan fingerprint density at radius 3 is 2.72 bits per heavy atom. The zero-order valence-electron chi connectivity index (χ0n) is 17.8. The highest BCUT2D eigenvalue weighted by atomic mass is 32.1. The lowest BCUT2D eigenvalue weighted by Gasteiger charge is -2.52. The minimum Gasteiger partial charge on any atom is -0.355 e. The topological polar surface area (TPSA) is 50.1 Å². The first-order valence-electron chi connectivity index (χ1n) is 10.7. The second-order valence-electron chi connectivity index (χ2n) is 9.20. The minimum atomic E-state index is 0.399. The summed E-state index contributed by atoms with van der Waals surface area (Å²) in [5, 5.41) is 5.64. The van der Waals surface area contributed by atoms with Crippen molar-refractivity contribution in [2.45, 2.75) is 39.7 Å². The molecule has 2 aliphatic rings. The molecular weight excluding hydrogens is 380 g/mol. The van der Waals surface area contributed by atoms with Crippen LogP contribution in [-0.2, 0) is 13.5 Å². The third-order valence-electron chi connectivity index (χ3n) is 6.61. The molecule has 29 heavy (non-hydrogen) atoms. The summed E-state index contributed by atoms with van der Waals surface area (Å²) in [6.45, 7) is 11.4. The molecule has 5 heterocycles. The van der Waals surface area contributed by atoms with Crippen LogP contribution in [0.15, 0.2) is 24.8 Å². The number of hydrogen-bond donors (Lipinski definition) is 0. The Bertz CT molecular complexity index is 1020. The van der Waals surface area contributed by atoms with Gasteiger partial charge in [0.1, 0.15) is 17.0 Å². The van der Waals surface area contributed by atoms with E-state index in [4.69, 9.17) is 4.98 Å². The van der Waals surface area contributed by atoms with Crippen molar-refractivity contribution < 1.29 is 0 Å². The van der Waals surface area contributed by atoms with E-state index in [1.165, 1.54) is 35.3 Å². The highest BCUT2D eigenvalue weighted by Crippen LogP contribution is 2.46. The molecule has 0 unspecified atom stereocenters. The van der Waals surface area contributed by atoms with E-state index in [1.54, 1.807) is 17.7 Å². The smallest absolute Gasteiger partial charge is 0.140 e. The number of anilines is 1. The fourth-order valence-electron chi connectivity index (χ4n) is 5.32. The molecule has 0 aliphatic carbocycles. The first kappa shape index (κ1) is 19.0. The lowest BCUT2D eigenvalue weighted by Crippen LogP contribution is -2.59. The minimum absolute atomic E-state index is 0.399. The number of likely N-dealkylation sites (tertiary alicyclic amines) is 1. The van der Waals surface area contributed by atoms with E-state index in [0.29, 0.717) is 17.4 Å². The standard InChI is InChI=1S/C22H30N6S/c1-5-17-8-18-20(23-14-24-21(18)29-17)27-7-6-22(11-27)12-28(13-22)19(15(2)3)16-9-25-26(4)10-16/h8-10,14-15,19H,5-7,11-13H2,1-4H3/t19-/m1/s1. The Morgan fingerprint density at radius 2 is 2.03 bits per heavy atom. The van der Waals surface area contributed by atoms with Crippen LogP contribution >= 0.6 is 11.3 Å². The van der Waals surface area contributed by atoms with Crippen LogP contribution in [0.1, 0.15) is 43.7 Å². The molecule has 3 aromatic rings. The van der Waals surface area contributed by atoms with Crippen molar-refractivity contribution >= 4 is 27.4 Å². The summed E-state index contributed by atoms with van der Waals surface area (Å²) in [5.41, 5.74) is 1.74. The van der Waals surface area contributed by atoms with Crippen LogP contribution in [-0.4, -0.2) is 50.8 Å². The van der Waals surface area contributed by atoms with Gasteiger partial charge >= 0.3 is 0 Å². The highest BCUT2D eigenvalue weighted by molar-refractivity contribution is 7.18. The van der Waals surface area contributed by atoms with Gasteiger partial charge in [-0.1, -0.05) is 20.8 Å². The first-order chi connectivity index (χ1) is 14.0. The second-order valence-corrected chi connectivity index (χ2v) is 10.3. The van der Waals surface area contributed by atoms with Gasteiger partial charge in [-0.15, -0.1) is 11.3 Å². The van der Waals surface area contributed by atoms with Crippen molar-refractivity contribution in [3.8, 4) is 0 Å². The summed E-state index contributed by atoms with van der Waals surface area (Å²) >= 11 is 1.80. The molecule has 0 bridgehead atoms. The van der Waals surface area contributed by atoms with Crippen LogP contribution < -0.4 is 4.90 Å². The van der Waals surface area contributed by atoms with E-state index in [2.05, 4.69) is 52.9 Å². The number of nitrogens with zero attached hydrogens (tertiary/aromatic N) is 6. The zero-order chi connectivity index (χ0) is 20.2. The molecule has 0 amide bonds. The molecule has 2 aliphatic heterocycles. The monoisotopic (exact) mass is 410 g/mol. The predicted octanol–water partition coefficient (Wildman–Crippen LogP) is 3.90. The Labute approximate surface area is 176 Å². The van der Waals surface area contributed by atoms with Crippen LogP contribution in [0.4, 0.5) is 5.82 Å². The molecule has 6 nitrogen and oxygen atoms in total. The van der Waals surface area contributed by atoms with Crippen molar-refractivity contribution in [3.05, 3.63) is 35.2 Å². The average Bonchev–Trinajstić information content (AvgIpc) is 3.38. The van der Waals surface area contributed by atoms with Crippen molar-refractivity contribution in [2.75, 3.05) is 31.1 Å². The maximum atomic E-state index is 4.69. The maximum absolute atomic E-state index is 4.69. The molecule has 3 aromatic heterocycles. The van der Waals surface area contributed by atoms with E-state index in [1.807, 2.05) is 17.9 Å². The van der Waals surface area contributed by atoms with Crippen molar-refractivity contribution in [2.24, 2.45) is 18.4 Å². The molecule has 2 saturated heterocycles. The van der Waals surface area contributed by atoms with Gasteiger partial charge in [-0.05, 0) is 24.8 Å². The zero-order valence-corrected chi connectivity index (χ0v) is 18.6. The molecule has 2 fully saturated rings. The highest BCUT2D eigenvalue weighted by Gasteiger charge is 2.50. The summed E-state index contributed by atoms with van der Waals surface area (Å²) < 4.78 is 1.92. The lowest BCUT2D eigenvalue weighted by atomic mass is 9.76. The van der Waals surface area contributed by atoms with Gasteiger partial charge in [0.05, 0.1) is 11.6 Å². The SMILES string of the molecule is CCc1cc2c(N3CCC4(C3)CN([C@@H](c3cnn(C)c3)C(C)C)C4)ncnc2s1. The Balaban J connectivity index is 1.33.